The maximum Gasteiger partial charge on any atom is 0.320 e. The topological polar surface area (TPSA) is 46.2 Å². The van der Waals surface area contributed by atoms with E-state index in [0.717, 1.165) is 32.2 Å². The van der Waals surface area contributed by atoms with Gasteiger partial charge in [-0.1, -0.05) is 6.08 Å². The highest BCUT2D eigenvalue weighted by atomic mass is 16.2. The van der Waals surface area contributed by atoms with Gasteiger partial charge in [-0.15, -0.1) is 6.58 Å². The van der Waals surface area contributed by atoms with Gasteiger partial charge in [-0.2, -0.15) is 0 Å². The Morgan fingerprint density at radius 1 is 1.22 bits per heavy atom. The second-order valence-electron chi connectivity index (χ2n) is 5.13. The molecule has 2 fully saturated rings. The van der Waals surface area contributed by atoms with E-state index in [9.17, 15) is 9.59 Å². The van der Waals surface area contributed by atoms with Crippen LogP contribution in [0.5, 0.6) is 0 Å². The number of rotatable bonds is 3. The Hall–Kier alpha value is -1.42. The molecule has 0 aliphatic carbocycles. The maximum atomic E-state index is 12.1. The molecule has 2 aliphatic heterocycles. The Bertz CT molecular complexity index is 391. The molecule has 0 aromatic carbocycles. The van der Waals surface area contributed by atoms with Crippen molar-refractivity contribution < 1.29 is 14.1 Å². The summed E-state index contributed by atoms with van der Waals surface area (Å²) >= 11 is 0. The van der Waals surface area contributed by atoms with Crippen LogP contribution in [-0.4, -0.2) is 29.0 Å². The lowest BCUT2D eigenvalue weighted by atomic mass is 10.0. The van der Waals surface area contributed by atoms with Crippen LogP contribution in [0.15, 0.2) is 25.4 Å². The molecular weight excluding hydrogens is 228 g/mol. The molecular formula is C14H21N2O2+. The molecule has 0 aromatic heterocycles. The van der Waals surface area contributed by atoms with Crippen molar-refractivity contribution in [1.82, 2.24) is 5.32 Å². The van der Waals surface area contributed by atoms with Gasteiger partial charge in [0.05, 0.1) is 25.1 Å². The van der Waals surface area contributed by atoms with Gasteiger partial charge < -0.3 is 5.32 Å². The molecule has 2 aliphatic rings. The summed E-state index contributed by atoms with van der Waals surface area (Å²) in [4.78, 5) is 24.2. The van der Waals surface area contributed by atoms with Crippen LogP contribution < -0.4 is 5.32 Å². The minimum Gasteiger partial charge on any atom is -0.306 e. The number of carbonyl (C=O) groups excluding carboxylic acids is 2. The van der Waals surface area contributed by atoms with Gasteiger partial charge in [-0.25, -0.2) is 9.28 Å². The molecule has 18 heavy (non-hydrogen) atoms. The third-order valence-corrected chi connectivity index (χ3v) is 4.19. The van der Waals surface area contributed by atoms with Crippen LogP contribution >= 0.6 is 0 Å². The summed E-state index contributed by atoms with van der Waals surface area (Å²) < 4.78 is 0.218. The Labute approximate surface area is 108 Å². The van der Waals surface area contributed by atoms with Crippen molar-refractivity contribution in [1.29, 1.82) is 0 Å². The highest BCUT2D eigenvalue weighted by Crippen LogP contribution is 2.29. The molecule has 0 aromatic rings. The number of likely N-dealkylation sites (tertiary alicyclic amines) is 1. The van der Waals surface area contributed by atoms with Crippen molar-refractivity contribution in [3.8, 4) is 0 Å². The average molecular weight is 249 g/mol. The van der Waals surface area contributed by atoms with Crippen LogP contribution in [0.25, 0.3) is 0 Å². The molecule has 0 radical (unpaired) electrons. The Kier molecular flexibility index (Phi) is 3.66. The molecule has 98 valence electrons. The number of nitrogens with one attached hydrogen (secondary N) is 1. The maximum absolute atomic E-state index is 12.1. The largest absolute Gasteiger partial charge is 0.320 e. The number of hydrogen-bond donors (Lipinski definition) is 1. The second kappa shape index (κ2) is 5.06. The molecule has 2 rings (SSSR count). The number of hydrogen-bond acceptors (Lipinski definition) is 2. The fraction of sp³-hybridized carbons (Fsp3) is 0.571. The van der Waals surface area contributed by atoms with E-state index in [1.54, 1.807) is 12.3 Å². The van der Waals surface area contributed by atoms with Gasteiger partial charge in [0.15, 0.2) is 6.17 Å². The van der Waals surface area contributed by atoms with Crippen molar-refractivity contribution in [3.05, 3.63) is 25.4 Å². The summed E-state index contributed by atoms with van der Waals surface area (Å²) in [7, 11) is 0. The lowest BCUT2D eigenvalue weighted by molar-refractivity contribution is -0.824. The summed E-state index contributed by atoms with van der Waals surface area (Å²) in [6.07, 6.45) is 7.29. The quantitative estimate of drug-likeness (QED) is 0.611. The minimum absolute atomic E-state index is 0.00782. The van der Waals surface area contributed by atoms with E-state index in [1.165, 1.54) is 0 Å². The first-order chi connectivity index (χ1) is 8.64. The summed E-state index contributed by atoms with van der Waals surface area (Å²) in [5, 5.41) is 3.01. The fourth-order valence-corrected chi connectivity index (χ4v) is 3.05. The smallest absolute Gasteiger partial charge is 0.306 e. The van der Waals surface area contributed by atoms with Gasteiger partial charge in [0.2, 0.25) is 5.91 Å². The molecule has 3 atom stereocenters. The molecule has 4 heteroatoms. The van der Waals surface area contributed by atoms with Gasteiger partial charge >= 0.3 is 5.91 Å². The van der Waals surface area contributed by atoms with Crippen LogP contribution in [-0.2, 0) is 9.59 Å². The first-order valence-electron chi connectivity index (χ1n) is 6.61. The van der Waals surface area contributed by atoms with Gasteiger partial charge in [-0.05, 0) is 19.4 Å². The van der Waals surface area contributed by atoms with Crippen molar-refractivity contribution in [3.63, 3.8) is 0 Å². The van der Waals surface area contributed by atoms with Crippen LogP contribution in [0.2, 0.25) is 0 Å². The number of quaternary nitrogens is 1. The zero-order valence-electron chi connectivity index (χ0n) is 10.7. The van der Waals surface area contributed by atoms with E-state index in [4.69, 9.17) is 0 Å². The fourth-order valence-electron chi connectivity index (χ4n) is 3.05. The highest BCUT2D eigenvalue weighted by Gasteiger charge is 2.47. The van der Waals surface area contributed by atoms with Crippen molar-refractivity contribution in [2.24, 2.45) is 5.92 Å². The normalized spacial score (nSPS) is 36.9. The first-order valence-corrected chi connectivity index (χ1v) is 6.61. The summed E-state index contributed by atoms with van der Waals surface area (Å²) in [6.45, 7) is 8.27. The zero-order valence-corrected chi connectivity index (χ0v) is 10.7. The standard InChI is InChI=1S/C14H20N2O2/c1-3-11-7-5-8-12(15-14(11)18)16(4-2)10-6-9-13(16)17/h3-4,11-12H,1-2,5-10H2/p+1. The minimum atomic E-state index is -0.144. The molecule has 0 bridgehead atoms. The molecule has 4 nitrogen and oxygen atoms in total. The second-order valence-corrected chi connectivity index (χ2v) is 5.13. The third-order valence-electron chi connectivity index (χ3n) is 4.19. The van der Waals surface area contributed by atoms with Crippen LogP contribution in [0.1, 0.15) is 32.1 Å². The summed E-state index contributed by atoms with van der Waals surface area (Å²) in [6, 6.07) is 0. The third kappa shape index (κ3) is 2.01. The molecule has 2 heterocycles. The van der Waals surface area contributed by atoms with Gasteiger partial charge in [0, 0.05) is 12.8 Å². The predicted molar refractivity (Wildman–Crippen MR) is 69.0 cm³/mol. The molecule has 0 saturated carbocycles. The highest BCUT2D eigenvalue weighted by molar-refractivity contribution is 5.81. The average Bonchev–Trinajstić information content (AvgIpc) is 2.64. The molecule has 3 unspecified atom stereocenters. The first kappa shape index (κ1) is 13.0. The van der Waals surface area contributed by atoms with Crippen molar-refractivity contribution >= 4 is 11.8 Å². The molecule has 2 saturated heterocycles. The lowest BCUT2D eigenvalue weighted by Gasteiger charge is -2.35. The molecule has 1 N–H and O–H groups in total. The van der Waals surface area contributed by atoms with Crippen molar-refractivity contribution in [2.45, 2.75) is 38.3 Å². The molecule has 2 amide bonds. The van der Waals surface area contributed by atoms with E-state index in [1.807, 2.05) is 0 Å². The van der Waals surface area contributed by atoms with Crippen LogP contribution in [0.4, 0.5) is 0 Å². The van der Waals surface area contributed by atoms with Crippen LogP contribution in [0, 0.1) is 5.92 Å². The number of nitrogens with zero attached hydrogens (tertiary/aromatic N) is 1. The Morgan fingerprint density at radius 3 is 2.56 bits per heavy atom. The summed E-state index contributed by atoms with van der Waals surface area (Å²) in [5.41, 5.74) is 0. The van der Waals surface area contributed by atoms with E-state index < -0.39 is 0 Å². The Morgan fingerprint density at radius 2 is 2.00 bits per heavy atom. The van der Waals surface area contributed by atoms with E-state index in [2.05, 4.69) is 18.5 Å². The number of carbonyl (C=O) groups is 2. The van der Waals surface area contributed by atoms with Crippen LogP contribution in [0.3, 0.4) is 0 Å². The summed E-state index contributed by atoms with van der Waals surface area (Å²) in [5.74, 6) is 0.0384. The SMILES string of the molecule is C=CC1CCCC([N+]2(C=C)CCCC2=O)NC1=O. The number of amides is 2. The lowest BCUT2D eigenvalue weighted by Crippen LogP contribution is -2.59. The van der Waals surface area contributed by atoms with E-state index >= 15 is 0 Å². The molecule has 0 spiro atoms. The van der Waals surface area contributed by atoms with E-state index in [-0.39, 0.29) is 28.4 Å². The van der Waals surface area contributed by atoms with Gasteiger partial charge in [0.1, 0.15) is 0 Å². The van der Waals surface area contributed by atoms with Gasteiger partial charge in [0.25, 0.3) is 0 Å². The van der Waals surface area contributed by atoms with Gasteiger partial charge in [-0.3, -0.25) is 4.79 Å². The monoisotopic (exact) mass is 249 g/mol. The predicted octanol–water partition coefficient (Wildman–Crippen LogP) is 1.70. The Balaban J connectivity index is 2.22. The zero-order chi connectivity index (χ0) is 13.2. The van der Waals surface area contributed by atoms with E-state index in [0.29, 0.717) is 6.42 Å². The van der Waals surface area contributed by atoms with Crippen molar-refractivity contribution in [2.75, 3.05) is 6.54 Å².